The molecule has 1 atom stereocenters. The van der Waals surface area contributed by atoms with E-state index in [0.717, 1.165) is 17.5 Å². The van der Waals surface area contributed by atoms with Gasteiger partial charge in [0, 0.05) is 11.9 Å². The number of aliphatic hydroxyl groups is 1. The smallest absolute Gasteiger partial charge is 0.290 e. The summed E-state index contributed by atoms with van der Waals surface area (Å²) in [5, 5.41) is 11.7. The zero-order chi connectivity index (χ0) is 25.1. The number of aliphatic hydroxyl groups excluding tert-OH is 1. The molecule has 182 valence electrons. The molecule has 1 aliphatic rings. The molecule has 0 bridgehead atoms. The van der Waals surface area contributed by atoms with E-state index in [0.29, 0.717) is 36.5 Å². The summed E-state index contributed by atoms with van der Waals surface area (Å²) in [6.07, 6.45) is 2.32. The van der Waals surface area contributed by atoms with Gasteiger partial charge in [-0.05, 0) is 69.9 Å². The van der Waals surface area contributed by atoms with Gasteiger partial charge in [-0.2, -0.15) is 0 Å². The molecule has 1 aliphatic heterocycles. The van der Waals surface area contributed by atoms with Crippen LogP contribution in [0.2, 0.25) is 0 Å². The molecular weight excluding hydrogens is 444 g/mol. The average molecular weight is 475 g/mol. The quantitative estimate of drug-likeness (QED) is 0.335. The molecule has 0 saturated carbocycles. The van der Waals surface area contributed by atoms with Crippen molar-refractivity contribution in [3.05, 3.63) is 89.4 Å². The topological polar surface area (TPSA) is 83.2 Å². The van der Waals surface area contributed by atoms with Crippen LogP contribution in [-0.2, 0) is 4.79 Å². The lowest BCUT2D eigenvalue weighted by molar-refractivity contribution is -0.129. The van der Waals surface area contributed by atoms with Crippen molar-refractivity contribution in [3.63, 3.8) is 0 Å². The minimum Gasteiger partial charge on any atom is -0.503 e. The van der Waals surface area contributed by atoms with Crippen LogP contribution in [0.4, 0.5) is 0 Å². The number of Topliss-reactive ketones (excluding diaryl/α,β-unsaturated/α-hetero) is 1. The van der Waals surface area contributed by atoms with Crippen molar-refractivity contribution in [2.24, 2.45) is 0 Å². The van der Waals surface area contributed by atoms with E-state index in [-0.39, 0.29) is 11.3 Å². The number of rotatable bonds is 10. The number of hydrogen-bond acceptors (Lipinski definition) is 6. The summed E-state index contributed by atoms with van der Waals surface area (Å²) in [5.41, 5.74) is 2.29. The summed E-state index contributed by atoms with van der Waals surface area (Å²) in [6, 6.07) is 13.7. The van der Waals surface area contributed by atoms with Gasteiger partial charge in [-0.3, -0.25) is 9.59 Å². The summed E-state index contributed by atoms with van der Waals surface area (Å²) >= 11 is 0. The van der Waals surface area contributed by atoms with Crippen molar-refractivity contribution in [2.75, 3.05) is 33.8 Å². The molecule has 1 amide bonds. The van der Waals surface area contributed by atoms with Crippen molar-refractivity contribution < 1.29 is 23.8 Å². The van der Waals surface area contributed by atoms with Crippen LogP contribution in [-0.4, -0.2) is 60.4 Å². The predicted octanol–water partition coefficient (Wildman–Crippen LogP) is 4.84. The first-order chi connectivity index (χ1) is 16.8. The van der Waals surface area contributed by atoms with E-state index >= 15 is 0 Å². The summed E-state index contributed by atoms with van der Waals surface area (Å²) in [7, 11) is 3.91. The molecule has 1 unspecified atom stereocenters. The third-order valence-corrected chi connectivity index (χ3v) is 5.99. The zero-order valence-corrected chi connectivity index (χ0v) is 20.3. The molecule has 0 fully saturated rings. The van der Waals surface area contributed by atoms with Crippen molar-refractivity contribution in [1.29, 1.82) is 0 Å². The molecule has 1 aromatic heterocycles. The second-order valence-electron chi connectivity index (χ2n) is 8.97. The number of ether oxygens (including phenoxy) is 1. The van der Waals surface area contributed by atoms with Gasteiger partial charge < -0.3 is 24.1 Å². The lowest BCUT2D eigenvalue weighted by atomic mass is 9.94. The van der Waals surface area contributed by atoms with E-state index in [2.05, 4.69) is 6.58 Å². The minimum absolute atomic E-state index is 0.0106. The molecule has 7 nitrogen and oxygen atoms in total. The standard InChI is InChI=1S/C28H30N2O5/c1-5-14-34-21-9-6-8-19(16-21)25-24(27(32)28(33)30(25)13-7-12-29(3)4)26(31)23-17-20-15-18(2)10-11-22(20)35-23/h5-6,8-11,15-17,25,32H,1,7,12-14H2,2-4H3. The van der Waals surface area contributed by atoms with Crippen molar-refractivity contribution >= 4 is 22.7 Å². The van der Waals surface area contributed by atoms with Crippen LogP contribution in [0.5, 0.6) is 5.75 Å². The highest BCUT2D eigenvalue weighted by Gasteiger charge is 2.44. The molecule has 1 N–H and O–H groups in total. The van der Waals surface area contributed by atoms with Gasteiger partial charge in [0.1, 0.15) is 17.9 Å². The molecule has 0 spiro atoms. The first-order valence-electron chi connectivity index (χ1n) is 11.6. The fourth-order valence-electron chi connectivity index (χ4n) is 4.36. The molecule has 0 aliphatic carbocycles. The number of nitrogens with zero attached hydrogens (tertiary/aromatic N) is 2. The monoisotopic (exact) mass is 474 g/mol. The van der Waals surface area contributed by atoms with Gasteiger partial charge in [0.05, 0.1) is 11.6 Å². The van der Waals surface area contributed by atoms with Gasteiger partial charge in [-0.15, -0.1) is 0 Å². The Balaban J connectivity index is 1.75. The predicted molar refractivity (Wildman–Crippen MR) is 135 cm³/mol. The Kier molecular flexibility index (Phi) is 7.07. The Morgan fingerprint density at radius 1 is 1.23 bits per heavy atom. The fourth-order valence-corrected chi connectivity index (χ4v) is 4.36. The van der Waals surface area contributed by atoms with Crippen LogP contribution in [0.1, 0.15) is 34.1 Å². The molecule has 2 heterocycles. The van der Waals surface area contributed by atoms with E-state index in [9.17, 15) is 14.7 Å². The number of amides is 1. The number of hydrogen-bond donors (Lipinski definition) is 1. The number of furan rings is 1. The van der Waals surface area contributed by atoms with Crippen LogP contribution in [0, 0.1) is 6.92 Å². The van der Waals surface area contributed by atoms with Crippen molar-refractivity contribution in [1.82, 2.24) is 9.80 Å². The summed E-state index contributed by atoms with van der Waals surface area (Å²) in [5.74, 6) is -0.956. The Bertz CT molecular complexity index is 1300. The molecule has 0 saturated heterocycles. The third kappa shape index (κ3) is 5.00. The lowest BCUT2D eigenvalue weighted by Crippen LogP contribution is -2.33. The zero-order valence-electron chi connectivity index (χ0n) is 20.3. The maximum Gasteiger partial charge on any atom is 0.290 e. The highest BCUT2D eigenvalue weighted by atomic mass is 16.5. The first kappa shape index (κ1) is 24.3. The average Bonchev–Trinajstić information content (AvgIpc) is 3.36. The van der Waals surface area contributed by atoms with E-state index in [4.69, 9.17) is 9.15 Å². The third-order valence-electron chi connectivity index (χ3n) is 5.99. The second-order valence-corrected chi connectivity index (χ2v) is 8.97. The number of carbonyl (C=O) groups excluding carboxylic acids is 2. The van der Waals surface area contributed by atoms with Crippen LogP contribution in [0.3, 0.4) is 0 Å². The maximum atomic E-state index is 13.7. The van der Waals surface area contributed by atoms with E-state index in [1.807, 2.05) is 44.1 Å². The highest BCUT2D eigenvalue weighted by Crippen LogP contribution is 2.40. The Morgan fingerprint density at radius 3 is 2.77 bits per heavy atom. The number of fused-ring (bicyclic) bond motifs is 1. The Hall–Kier alpha value is -3.84. The molecule has 35 heavy (non-hydrogen) atoms. The van der Waals surface area contributed by atoms with Gasteiger partial charge in [0.25, 0.3) is 5.91 Å². The Morgan fingerprint density at radius 2 is 2.03 bits per heavy atom. The molecule has 2 aromatic carbocycles. The first-order valence-corrected chi connectivity index (χ1v) is 11.6. The molecule has 7 heteroatoms. The molecular formula is C28H30N2O5. The van der Waals surface area contributed by atoms with E-state index in [1.54, 1.807) is 41.3 Å². The molecule has 4 rings (SSSR count). The summed E-state index contributed by atoms with van der Waals surface area (Å²) in [4.78, 5) is 30.4. The van der Waals surface area contributed by atoms with Gasteiger partial charge in [0.15, 0.2) is 11.5 Å². The van der Waals surface area contributed by atoms with Crippen LogP contribution in [0.25, 0.3) is 11.0 Å². The minimum atomic E-state index is -0.764. The van der Waals surface area contributed by atoms with Gasteiger partial charge in [-0.1, -0.05) is 36.4 Å². The Labute approximate surface area is 204 Å². The number of benzene rings is 2. The van der Waals surface area contributed by atoms with Crippen molar-refractivity contribution in [2.45, 2.75) is 19.4 Å². The number of aryl methyl sites for hydroxylation is 1. The van der Waals surface area contributed by atoms with E-state index in [1.165, 1.54) is 0 Å². The van der Waals surface area contributed by atoms with Crippen LogP contribution < -0.4 is 4.74 Å². The normalized spacial score (nSPS) is 15.9. The lowest BCUT2D eigenvalue weighted by Gasteiger charge is -2.27. The van der Waals surface area contributed by atoms with Crippen LogP contribution >= 0.6 is 0 Å². The maximum absolute atomic E-state index is 13.7. The number of carbonyl (C=O) groups is 2. The van der Waals surface area contributed by atoms with Gasteiger partial charge in [-0.25, -0.2) is 0 Å². The van der Waals surface area contributed by atoms with Gasteiger partial charge >= 0.3 is 0 Å². The van der Waals surface area contributed by atoms with Gasteiger partial charge in [0.2, 0.25) is 5.78 Å². The summed E-state index contributed by atoms with van der Waals surface area (Å²) in [6.45, 7) is 7.08. The highest BCUT2D eigenvalue weighted by molar-refractivity contribution is 6.16. The number of ketones is 1. The van der Waals surface area contributed by atoms with E-state index < -0.39 is 23.5 Å². The fraction of sp³-hybridized carbons (Fsp3) is 0.286. The van der Waals surface area contributed by atoms with Crippen molar-refractivity contribution in [3.8, 4) is 5.75 Å². The van der Waals surface area contributed by atoms with Crippen LogP contribution in [0.15, 0.2) is 76.9 Å². The SMILES string of the molecule is C=CCOc1cccc(C2C(C(=O)c3cc4cc(C)ccc4o3)=C(O)C(=O)N2CCCN(C)C)c1. The summed E-state index contributed by atoms with van der Waals surface area (Å²) < 4.78 is 11.5. The molecule has 0 radical (unpaired) electrons. The largest absolute Gasteiger partial charge is 0.503 e. The second kappa shape index (κ2) is 10.2. The molecule has 3 aromatic rings.